The lowest BCUT2D eigenvalue weighted by molar-refractivity contribution is 0.0697. The van der Waals surface area contributed by atoms with Gasteiger partial charge in [-0.3, -0.25) is 0 Å². The number of nitrogens with zero attached hydrogens (tertiary/aromatic N) is 3. The first kappa shape index (κ1) is 10.5. The third-order valence-electron chi connectivity index (χ3n) is 2.79. The van der Waals surface area contributed by atoms with Crippen molar-refractivity contribution in [2.45, 2.75) is 0 Å². The molecule has 0 radical (unpaired) electrons. The first-order valence-corrected chi connectivity index (χ1v) is 5.26. The van der Waals surface area contributed by atoms with Crippen LogP contribution in [0.1, 0.15) is 10.4 Å². The van der Waals surface area contributed by atoms with Crippen LogP contribution in [0.25, 0.3) is 22.4 Å². The third-order valence-corrected chi connectivity index (χ3v) is 2.79. The summed E-state index contributed by atoms with van der Waals surface area (Å²) in [5.74, 6) is -0.817. The summed E-state index contributed by atoms with van der Waals surface area (Å²) >= 11 is 0. The second kappa shape index (κ2) is 3.69. The summed E-state index contributed by atoms with van der Waals surface area (Å²) in [5.41, 5.74) is 2.44. The summed E-state index contributed by atoms with van der Waals surface area (Å²) < 4.78 is 6.89. The van der Waals surface area contributed by atoms with Crippen molar-refractivity contribution < 1.29 is 14.4 Å². The van der Waals surface area contributed by atoms with E-state index in [0.29, 0.717) is 5.56 Å². The third kappa shape index (κ3) is 1.46. The molecule has 18 heavy (non-hydrogen) atoms. The van der Waals surface area contributed by atoms with Crippen molar-refractivity contribution >= 4 is 17.0 Å². The molecule has 3 aromatic rings. The Hall–Kier alpha value is -2.63. The van der Waals surface area contributed by atoms with E-state index in [4.69, 9.17) is 9.63 Å². The summed E-state index contributed by atoms with van der Waals surface area (Å²) in [7, 11) is 1.89. The van der Waals surface area contributed by atoms with Crippen LogP contribution in [-0.4, -0.2) is 25.8 Å². The van der Waals surface area contributed by atoms with Crippen molar-refractivity contribution in [3.63, 3.8) is 0 Å². The molecule has 0 unspecified atom stereocenters. The summed E-state index contributed by atoms with van der Waals surface area (Å²) in [4.78, 5) is 15.2. The summed E-state index contributed by atoms with van der Waals surface area (Å²) in [5, 5.41) is 12.5. The standard InChI is InChI=1S/C12H9N3O3/c1-15-6-13-9-4-7(2-3-10(9)15)11-8(12(16)17)5-14-18-11/h2-6H,1H3,(H,16,17). The van der Waals surface area contributed by atoms with Crippen LogP contribution in [0.3, 0.4) is 0 Å². The fraction of sp³-hybridized carbons (Fsp3) is 0.0833. The van der Waals surface area contributed by atoms with E-state index in [1.165, 1.54) is 6.20 Å². The van der Waals surface area contributed by atoms with Gasteiger partial charge in [0.05, 0.1) is 23.6 Å². The van der Waals surface area contributed by atoms with E-state index in [1.807, 2.05) is 17.7 Å². The number of carboxylic acids is 1. The van der Waals surface area contributed by atoms with Gasteiger partial charge in [0, 0.05) is 12.6 Å². The molecule has 6 heteroatoms. The van der Waals surface area contributed by atoms with Gasteiger partial charge in [0.25, 0.3) is 0 Å². The fourth-order valence-electron chi connectivity index (χ4n) is 1.88. The molecule has 0 amide bonds. The zero-order chi connectivity index (χ0) is 12.7. The molecule has 1 aromatic carbocycles. The van der Waals surface area contributed by atoms with Crippen molar-refractivity contribution in [3.8, 4) is 11.3 Å². The van der Waals surface area contributed by atoms with E-state index in [1.54, 1.807) is 18.5 Å². The highest BCUT2D eigenvalue weighted by Crippen LogP contribution is 2.26. The van der Waals surface area contributed by atoms with E-state index in [9.17, 15) is 4.79 Å². The highest BCUT2D eigenvalue weighted by atomic mass is 16.5. The van der Waals surface area contributed by atoms with E-state index in [-0.39, 0.29) is 11.3 Å². The topological polar surface area (TPSA) is 81.2 Å². The molecule has 1 N–H and O–H groups in total. The van der Waals surface area contributed by atoms with Gasteiger partial charge < -0.3 is 14.2 Å². The Kier molecular flexibility index (Phi) is 2.16. The number of carboxylic acid groups (broad SMARTS) is 1. The number of carbonyl (C=O) groups is 1. The van der Waals surface area contributed by atoms with Crippen LogP contribution in [0, 0.1) is 0 Å². The van der Waals surface area contributed by atoms with Crippen LogP contribution in [0.2, 0.25) is 0 Å². The Labute approximate surface area is 101 Å². The van der Waals surface area contributed by atoms with Gasteiger partial charge >= 0.3 is 5.97 Å². The minimum Gasteiger partial charge on any atom is -0.477 e. The zero-order valence-electron chi connectivity index (χ0n) is 9.49. The zero-order valence-corrected chi connectivity index (χ0v) is 9.49. The molecule has 0 bridgehead atoms. The number of fused-ring (bicyclic) bond motifs is 1. The lowest BCUT2D eigenvalue weighted by Gasteiger charge is -1.99. The van der Waals surface area contributed by atoms with Gasteiger partial charge in [-0.05, 0) is 18.2 Å². The molecule has 2 aromatic heterocycles. The maximum Gasteiger partial charge on any atom is 0.341 e. The predicted molar refractivity (Wildman–Crippen MR) is 63.2 cm³/mol. The molecular weight excluding hydrogens is 234 g/mol. The number of benzene rings is 1. The SMILES string of the molecule is Cn1cnc2cc(-c3oncc3C(=O)O)ccc21. The summed E-state index contributed by atoms with van der Waals surface area (Å²) in [6.07, 6.45) is 2.90. The number of imidazole rings is 1. The van der Waals surface area contributed by atoms with Crippen molar-refractivity contribution in [2.75, 3.05) is 0 Å². The predicted octanol–water partition coefficient (Wildman–Crippen LogP) is 1.93. The highest BCUT2D eigenvalue weighted by molar-refractivity contribution is 5.95. The summed E-state index contributed by atoms with van der Waals surface area (Å²) in [6, 6.07) is 5.44. The number of hydrogen-bond donors (Lipinski definition) is 1. The van der Waals surface area contributed by atoms with Crippen LogP contribution in [-0.2, 0) is 7.05 Å². The molecule has 0 aliphatic carbocycles. The highest BCUT2D eigenvalue weighted by Gasteiger charge is 2.17. The molecular formula is C12H9N3O3. The van der Waals surface area contributed by atoms with Crippen LogP contribution in [0.4, 0.5) is 0 Å². The maximum atomic E-state index is 11.0. The maximum absolute atomic E-state index is 11.0. The number of aryl methyl sites for hydroxylation is 1. The molecule has 0 atom stereocenters. The Morgan fingerprint density at radius 2 is 2.28 bits per heavy atom. The minimum absolute atomic E-state index is 0.0466. The minimum atomic E-state index is -1.06. The number of aromatic nitrogens is 3. The molecule has 3 rings (SSSR count). The van der Waals surface area contributed by atoms with Gasteiger partial charge in [-0.1, -0.05) is 5.16 Å². The number of aromatic carboxylic acids is 1. The lowest BCUT2D eigenvalue weighted by atomic mass is 10.1. The monoisotopic (exact) mass is 243 g/mol. The molecule has 0 saturated heterocycles. The Bertz CT molecular complexity index is 742. The fourth-order valence-corrected chi connectivity index (χ4v) is 1.88. The van der Waals surface area contributed by atoms with Crippen molar-refractivity contribution in [2.24, 2.45) is 7.05 Å². The second-order valence-corrected chi connectivity index (χ2v) is 3.93. The molecule has 0 aliphatic rings. The van der Waals surface area contributed by atoms with Gasteiger partial charge in [0.2, 0.25) is 0 Å². The molecule has 0 spiro atoms. The molecule has 0 saturated carbocycles. The van der Waals surface area contributed by atoms with Gasteiger partial charge in [-0.2, -0.15) is 0 Å². The van der Waals surface area contributed by atoms with Gasteiger partial charge in [0.1, 0.15) is 5.56 Å². The number of hydrogen-bond acceptors (Lipinski definition) is 4. The average molecular weight is 243 g/mol. The van der Waals surface area contributed by atoms with E-state index in [2.05, 4.69) is 10.1 Å². The molecule has 0 fully saturated rings. The first-order valence-electron chi connectivity index (χ1n) is 5.26. The van der Waals surface area contributed by atoms with Crippen LogP contribution in [0.15, 0.2) is 35.2 Å². The summed E-state index contributed by atoms with van der Waals surface area (Å²) in [6.45, 7) is 0. The average Bonchev–Trinajstić information content (AvgIpc) is 2.96. The number of rotatable bonds is 2. The first-order chi connectivity index (χ1) is 8.66. The van der Waals surface area contributed by atoms with Crippen LogP contribution >= 0.6 is 0 Å². The van der Waals surface area contributed by atoms with E-state index >= 15 is 0 Å². The molecule has 2 heterocycles. The Morgan fingerprint density at radius 1 is 1.44 bits per heavy atom. The molecule has 0 aliphatic heterocycles. The van der Waals surface area contributed by atoms with E-state index < -0.39 is 5.97 Å². The van der Waals surface area contributed by atoms with Gasteiger partial charge in [-0.15, -0.1) is 0 Å². The molecule has 6 nitrogen and oxygen atoms in total. The Morgan fingerprint density at radius 3 is 3.06 bits per heavy atom. The van der Waals surface area contributed by atoms with Crippen molar-refractivity contribution in [1.82, 2.24) is 14.7 Å². The smallest absolute Gasteiger partial charge is 0.341 e. The Balaban J connectivity index is 2.19. The largest absolute Gasteiger partial charge is 0.477 e. The van der Waals surface area contributed by atoms with Gasteiger partial charge in [0.15, 0.2) is 5.76 Å². The van der Waals surface area contributed by atoms with Crippen LogP contribution < -0.4 is 0 Å². The van der Waals surface area contributed by atoms with E-state index in [0.717, 1.165) is 11.0 Å². The molecule has 90 valence electrons. The quantitative estimate of drug-likeness (QED) is 0.743. The normalized spacial score (nSPS) is 10.9. The van der Waals surface area contributed by atoms with Gasteiger partial charge in [-0.25, -0.2) is 9.78 Å². The van der Waals surface area contributed by atoms with Crippen molar-refractivity contribution in [1.29, 1.82) is 0 Å². The van der Waals surface area contributed by atoms with Crippen molar-refractivity contribution in [3.05, 3.63) is 36.3 Å². The second-order valence-electron chi connectivity index (χ2n) is 3.93. The lowest BCUT2D eigenvalue weighted by Crippen LogP contribution is -1.95. The van der Waals surface area contributed by atoms with Crippen LogP contribution in [0.5, 0.6) is 0 Å².